The Labute approximate surface area is 164 Å². The van der Waals surface area contributed by atoms with Crippen LogP contribution in [0.5, 0.6) is 0 Å². The van der Waals surface area contributed by atoms with Crippen LogP contribution in [-0.2, 0) is 10.1 Å². The minimum atomic E-state index is -4.44. The third-order valence-electron chi connectivity index (χ3n) is 3.10. The fourth-order valence-electron chi connectivity index (χ4n) is 1.87. The summed E-state index contributed by atoms with van der Waals surface area (Å²) >= 11 is 0. The third kappa shape index (κ3) is 5.85. The van der Waals surface area contributed by atoms with E-state index in [2.05, 4.69) is 16.8 Å². The number of hydrogen-bond acceptors (Lipinski definition) is 6. The van der Waals surface area contributed by atoms with Crippen LogP contribution >= 0.6 is 0 Å². The van der Waals surface area contributed by atoms with Gasteiger partial charge in [-0.05, 0) is 48.5 Å². The molecule has 0 aromatic heterocycles. The molecule has 0 aliphatic heterocycles. The summed E-state index contributed by atoms with van der Waals surface area (Å²) in [4.78, 5) is 1.75. The fraction of sp³-hybridized carbons (Fsp3) is 0.125. The van der Waals surface area contributed by atoms with Crippen molar-refractivity contribution in [3.05, 3.63) is 61.2 Å². The molecule has 0 aliphatic rings. The van der Waals surface area contributed by atoms with E-state index in [9.17, 15) is 13.0 Å². The van der Waals surface area contributed by atoms with Gasteiger partial charge in [-0.15, -0.1) is 6.58 Å². The molecule has 0 aliphatic carbocycles. The van der Waals surface area contributed by atoms with Crippen molar-refractivity contribution in [2.45, 2.75) is 4.90 Å². The maximum Gasteiger partial charge on any atom is 1.00 e. The van der Waals surface area contributed by atoms with Crippen molar-refractivity contribution in [3.8, 4) is 0 Å². The smallest absolute Gasteiger partial charge is 0.744 e. The summed E-state index contributed by atoms with van der Waals surface area (Å²) < 4.78 is 32.5. The van der Waals surface area contributed by atoms with E-state index in [0.29, 0.717) is 11.4 Å². The molecule has 0 N–H and O–H groups in total. The molecule has 0 spiro atoms. The molecular weight excluding hydrogens is 337 g/mol. The number of hydrogen-bond donors (Lipinski definition) is 0. The predicted octanol–water partition coefficient (Wildman–Crippen LogP) is 0.632. The molecule has 120 valence electrons. The first-order chi connectivity index (χ1) is 10.9. The van der Waals surface area contributed by atoms with Crippen LogP contribution in [0, 0.1) is 0 Å². The maximum absolute atomic E-state index is 10.8. The molecule has 6 nitrogen and oxygen atoms in total. The van der Waals surface area contributed by atoms with Crippen molar-refractivity contribution in [2.75, 3.05) is 18.5 Å². The molecule has 0 unspecified atom stereocenters. The second kappa shape index (κ2) is 9.10. The number of nitrogens with zero attached hydrogens (tertiary/aromatic N) is 3. The van der Waals surface area contributed by atoms with Crippen molar-refractivity contribution in [3.63, 3.8) is 0 Å². The monoisotopic (exact) mass is 353 g/mol. The Kier molecular flexibility index (Phi) is 7.78. The van der Waals surface area contributed by atoms with Crippen LogP contribution in [0.1, 0.15) is 0 Å². The molecular formula is C16H16N3NaO3S. The van der Waals surface area contributed by atoms with Crippen LogP contribution in [0.15, 0.2) is 76.3 Å². The second-order valence-corrected chi connectivity index (χ2v) is 6.21. The normalized spacial score (nSPS) is 11.1. The predicted molar refractivity (Wildman–Crippen MR) is 88.5 cm³/mol. The standard InChI is InChI=1S/C16H17N3O3S.Na/c1-3-12-19(2)15-8-4-13(5-9-15)17-18-14-6-10-16(11-7-14)23(20,21)22;/h3-11H,1,12H2,2H3,(H,20,21,22);/q;+1/p-1. The van der Waals surface area contributed by atoms with E-state index in [0.717, 1.165) is 12.2 Å². The van der Waals surface area contributed by atoms with Gasteiger partial charge in [0.1, 0.15) is 10.1 Å². The Hall–Kier alpha value is -1.51. The summed E-state index contributed by atoms with van der Waals surface area (Å²) in [6.07, 6.45) is 1.82. The summed E-state index contributed by atoms with van der Waals surface area (Å²) in [6.45, 7) is 4.44. The third-order valence-corrected chi connectivity index (χ3v) is 3.95. The quantitative estimate of drug-likeness (QED) is 0.330. The number of azo groups is 1. The van der Waals surface area contributed by atoms with E-state index in [1.807, 2.05) is 42.3 Å². The van der Waals surface area contributed by atoms with E-state index in [4.69, 9.17) is 0 Å². The molecule has 0 saturated heterocycles. The Bertz CT molecular complexity index is 803. The van der Waals surface area contributed by atoms with E-state index < -0.39 is 10.1 Å². The SMILES string of the molecule is C=CCN(C)c1ccc(N=Nc2ccc(S(=O)(=O)[O-])cc2)cc1.[Na+]. The molecule has 2 aromatic carbocycles. The first-order valence-electron chi connectivity index (χ1n) is 6.80. The van der Waals surface area contributed by atoms with Crippen LogP contribution in [0.2, 0.25) is 0 Å². The van der Waals surface area contributed by atoms with Gasteiger partial charge in [-0.2, -0.15) is 10.2 Å². The van der Waals surface area contributed by atoms with Crippen LogP contribution in [-0.4, -0.2) is 26.6 Å². The molecule has 0 atom stereocenters. The number of benzene rings is 2. The zero-order valence-electron chi connectivity index (χ0n) is 13.6. The molecule has 8 heteroatoms. The Morgan fingerprint density at radius 1 is 1.04 bits per heavy atom. The summed E-state index contributed by atoms with van der Waals surface area (Å²) in [5, 5.41) is 8.08. The first kappa shape index (κ1) is 20.5. The molecule has 0 bridgehead atoms. The molecule has 0 heterocycles. The van der Waals surface area contributed by atoms with Gasteiger partial charge in [-0.3, -0.25) is 0 Å². The van der Waals surface area contributed by atoms with Crippen molar-refractivity contribution >= 4 is 27.2 Å². The molecule has 2 rings (SSSR count). The first-order valence-corrected chi connectivity index (χ1v) is 8.21. The molecule has 0 saturated carbocycles. The molecule has 24 heavy (non-hydrogen) atoms. The summed E-state index contributed by atoms with van der Waals surface area (Å²) in [6, 6.07) is 12.8. The summed E-state index contributed by atoms with van der Waals surface area (Å²) in [5.74, 6) is 0. The Balaban J connectivity index is 0.00000288. The number of rotatable bonds is 6. The van der Waals surface area contributed by atoms with Gasteiger partial charge in [0.05, 0.1) is 16.3 Å². The fourth-order valence-corrected chi connectivity index (χ4v) is 2.34. The van der Waals surface area contributed by atoms with Crippen LogP contribution in [0.3, 0.4) is 0 Å². The topological polar surface area (TPSA) is 85.2 Å². The zero-order valence-corrected chi connectivity index (χ0v) is 16.4. The van der Waals surface area contributed by atoms with E-state index in [1.54, 1.807) is 0 Å². The van der Waals surface area contributed by atoms with Crippen molar-refractivity contribution in [2.24, 2.45) is 10.2 Å². The second-order valence-electron chi connectivity index (χ2n) is 4.83. The van der Waals surface area contributed by atoms with E-state index in [1.165, 1.54) is 24.3 Å². The molecule has 0 amide bonds. The summed E-state index contributed by atoms with van der Waals surface area (Å²) in [5.41, 5.74) is 2.17. The largest absolute Gasteiger partial charge is 1.00 e. The molecule has 0 radical (unpaired) electrons. The van der Waals surface area contributed by atoms with Gasteiger partial charge >= 0.3 is 29.6 Å². The Morgan fingerprint density at radius 2 is 1.50 bits per heavy atom. The van der Waals surface area contributed by atoms with Gasteiger partial charge in [-0.25, -0.2) is 8.42 Å². The molecule has 0 fully saturated rings. The van der Waals surface area contributed by atoms with Crippen LogP contribution < -0.4 is 34.5 Å². The zero-order chi connectivity index (χ0) is 16.9. The average Bonchev–Trinajstić information content (AvgIpc) is 2.53. The number of likely N-dealkylation sites (N-methyl/N-ethyl adjacent to an activating group) is 1. The number of anilines is 1. The van der Waals surface area contributed by atoms with Crippen LogP contribution in [0.4, 0.5) is 17.1 Å². The minimum Gasteiger partial charge on any atom is -0.744 e. The summed E-state index contributed by atoms with van der Waals surface area (Å²) in [7, 11) is -2.48. The molecule has 2 aromatic rings. The van der Waals surface area contributed by atoms with E-state index >= 15 is 0 Å². The maximum atomic E-state index is 10.8. The van der Waals surface area contributed by atoms with Gasteiger partial charge in [-0.1, -0.05) is 6.08 Å². The van der Waals surface area contributed by atoms with E-state index in [-0.39, 0.29) is 34.5 Å². The van der Waals surface area contributed by atoms with Gasteiger partial charge in [0.15, 0.2) is 0 Å². The van der Waals surface area contributed by atoms with Gasteiger partial charge in [0.2, 0.25) is 0 Å². The minimum absolute atomic E-state index is 0. The van der Waals surface area contributed by atoms with Crippen molar-refractivity contribution in [1.29, 1.82) is 0 Å². The van der Waals surface area contributed by atoms with Gasteiger partial charge in [0.25, 0.3) is 0 Å². The van der Waals surface area contributed by atoms with Gasteiger partial charge < -0.3 is 9.45 Å². The average molecular weight is 353 g/mol. The Morgan fingerprint density at radius 3 is 1.92 bits per heavy atom. The van der Waals surface area contributed by atoms with Crippen molar-refractivity contribution < 1.29 is 42.5 Å². The van der Waals surface area contributed by atoms with Crippen LogP contribution in [0.25, 0.3) is 0 Å². The van der Waals surface area contributed by atoms with Gasteiger partial charge in [0, 0.05) is 19.3 Å². The van der Waals surface area contributed by atoms with Crippen molar-refractivity contribution in [1.82, 2.24) is 0 Å².